The van der Waals surface area contributed by atoms with Crippen LogP contribution in [0.1, 0.15) is 79.1 Å². The smallest absolute Gasteiger partial charge is 0.0417 e. The van der Waals surface area contributed by atoms with Gasteiger partial charge in [-0.3, -0.25) is 0 Å². The molecule has 0 aliphatic carbocycles. The van der Waals surface area contributed by atoms with E-state index in [0.29, 0.717) is 0 Å². The van der Waals surface area contributed by atoms with Crippen LogP contribution in [0.15, 0.2) is 0 Å². The maximum atomic E-state index is 2.38. The van der Waals surface area contributed by atoms with E-state index in [-0.39, 0.29) is 0 Å². The average Bonchev–Trinajstić information content (AvgIpc) is 2.22. The van der Waals surface area contributed by atoms with Crippen LogP contribution in [-0.4, -0.2) is 0 Å². The quantitative estimate of drug-likeness (QED) is 0.464. The Morgan fingerprint density at radius 1 is 0.786 bits per heavy atom. The lowest BCUT2D eigenvalue weighted by molar-refractivity contribution is 0.380. The van der Waals surface area contributed by atoms with Crippen molar-refractivity contribution in [2.45, 2.75) is 79.1 Å². The predicted octanol–water partition coefficient (Wildman–Crippen LogP) is 5.42. The van der Waals surface area contributed by atoms with Crippen molar-refractivity contribution in [3.05, 3.63) is 0 Å². The minimum Gasteiger partial charge on any atom is -0.0654 e. The Bertz CT molecular complexity index is 107. The van der Waals surface area contributed by atoms with Gasteiger partial charge in [-0.2, -0.15) is 0 Å². The first-order chi connectivity index (χ1) is 6.74. The summed E-state index contributed by atoms with van der Waals surface area (Å²) in [6, 6.07) is 0. The number of rotatable bonds is 9. The highest BCUT2D eigenvalue weighted by atomic mass is 14.1. The third kappa shape index (κ3) is 7.41. The fourth-order valence-corrected chi connectivity index (χ4v) is 2.00. The van der Waals surface area contributed by atoms with Crippen LogP contribution in [-0.2, 0) is 0 Å². The van der Waals surface area contributed by atoms with Gasteiger partial charge in [-0.1, -0.05) is 79.1 Å². The Morgan fingerprint density at radius 3 is 1.93 bits per heavy atom. The molecule has 86 valence electrons. The second-order valence-corrected chi connectivity index (χ2v) is 4.86. The summed E-state index contributed by atoms with van der Waals surface area (Å²) in [6.07, 6.45) is 11.4. The standard InChI is InChI=1S/C14H30/c1-5-8-11-14(7-3)12-9-10-13(4)6-2/h13-14H,5-12H2,1-4H3. The summed E-state index contributed by atoms with van der Waals surface area (Å²) in [4.78, 5) is 0. The van der Waals surface area contributed by atoms with Crippen LogP contribution in [0.25, 0.3) is 0 Å². The molecule has 14 heavy (non-hydrogen) atoms. The summed E-state index contributed by atoms with van der Waals surface area (Å²) in [5.74, 6) is 1.96. The molecule has 2 unspecified atom stereocenters. The SMILES string of the molecule is CCCCC(CC)CCCC(C)CC. The fourth-order valence-electron chi connectivity index (χ4n) is 2.00. The van der Waals surface area contributed by atoms with Gasteiger partial charge in [0.15, 0.2) is 0 Å². The topological polar surface area (TPSA) is 0 Å². The Kier molecular flexibility index (Phi) is 9.55. The minimum atomic E-state index is 0.943. The van der Waals surface area contributed by atoms with E-state index < -0.39 is 0 Å². The van der Waals surface area contributed by atoms with Crippen LogP contribution in [0.3, 0.4) is 0 Å². The maximum absolute atomic E-state index is 2.38. The van der Waals surface area contributed by atoms with E-state index >= 15 is 0 Å². The highest BCUT2D eigenvalue weighted by molar-refractivity contribution is 4.59. The Balaban J connectivity index is 3.42. The van der Waals surface area contributed by atoms with Crippen molar-refractivity contribution in [1.29, 1.82) is 0 Å². The van der Waals surface area contributed by atoms with Crippen LogP contribution < -0.4 is 0 Å². The van der Waals surface area contributed by atoms with Gasteiger partial charge in [0.1, 0.15) is 0 Å². The molecule has 0 rings (SSSR count). The molecule has 0 aliphatic rings. The lowest BCUT2D eigenvalue weighted by Gasteiger charge is -2.15. The molecular weight excluding hydrogens is 168 g/mol. The van der Waals surface area contributed by atoms with Crippen LogP contribution in [0.2, 0.25) is 0 Å². The lowest BCUT2D eigenvalue weighted by Crippen LogP contribution is -2.00. The number of hydrogen-bond donors (Lipinski definition) is 0. The molecule has 0 radical (unpaired) electrons. The third-order valence-electron chi connectivity index (χ3n) is 3.55. The van der Waals surface area contributed by atoms with Crippen molar-refractivity contribution in [2.24, 2.45) is 11.8 Å². The molecule has 2 atom stereocenters. The number of hydrogen-bond acceptors (Lipinski definition) is 0. The summed E-state index contributed by atoms with van der Waals surface area (Å²) in [5.41, 5.74) is 0. The molecule has 0 aliphatic heterocycles. The van der Waals surface area contributed by atoms with Gasteiger partial charge in [-0.25, -0.2) is 0 Å². The summed E-state index contributed by atoms with van der Waals surface area (Å²) in [5, 5.41) is 0. The highest BCUT2D eigenvalue weighted by Crippen LogP contribution is 2.21. The van der Waals surface area contributed by atoms with E-state index in [9.17, 15) is 0 Å². The van der Waals surface area contributed by atoms with Gasteiger partial charge in [0.05, 0.1) is 0 Å². The van der Waals surface area contributed by atoms with Crippen molar-refractivity contribution in [3.8, 4) is 0 Å². The van der Waals surface area contributed by atoms with Gasteiger partial charge < -0.3 is 0 Å². The van der Waals surface area contributed by atoms with Gasteiger partial charge in [0.2, 0.25) is 0 Å². The second-order valence-electron chi connectivity index (χ2n) is 4.86. The molecule has 0 saturated heterocycles. The first-order valence-corrected chi connectivity index (χ1v) is 6.74. The van der Waals surface area contributed by atoms with Gasteiger partial charge in [0, 0.05) is 0 Å². The van der Waals surface area contributed by atoms with E-state index in [1.807, 2.05) is 0 Å². The highest BCUT2D eigenvalue weighted by Gasteiger charge is 2.06. The van der Waals surface area contributed by atoms with Gasteiger partial charge in [-0.15, -0.1) is 0 Å². The maximum Gasteiger partial charge on any atom is -0.0417 e. The zero-order valence-electron chi connectivity index (χ0n) is 10.8. The van der Waals surface area contributed by atoms with E-state index in [2.05, 4.69) is 27.7 Å². The van der Waals surface area contributed by atoms with Gasteiger partial charge in [-0.05, 0) is 11.8 Å². The van der Waals surface area contributed by atoms with E-state index in [4.69, 9.17) is 0 Å². The molecule has 0 fully saturated rings. The predicted molar refractivity (Wildman–Crippen MR) is 66.6 cm³/mol. The van der Waals surface area contributed by atoms with E-state index in [1.54, 1.807) is 0 Å². The minimum absolute atomic E-state index is 0.943. The molecule has 0 nitrogen and oxygen atoms in total. The van der Waals surface area contributed by atoms with Crippen LogP contribution in [0.4, 0.5) is 0 Å². The Hall–Kier alpha value is 0. The van der Waals surface area contributed by atoms with Crippen LogP contribution in [0.5, 0.6) is 0 Å². The van der Waals surface area contributed by atoms with Crippen LogP contribution in [0, 0.1) is 11.8 Å². The molecule has 0 heteroatoms. The molecule has 0 heterocycles. The second kappa shape index (κ2) is 9.55. The lowest BCUT2D eigenvalue weighted by atomic mass is 9.91. The van der Waals surface area contributed by atoms with Crippen LogP contribution >= 0.6 is 0 Å². The number of unbranched alkanes of at least 4 members (excludes halogenated alkanes) is 1. The monoisotopic (exact) mass is 198 g/mol. The summed E-state index contributed by atoms with van der Waals surface area (Å²) in [6.45, 7) is 9.33. The molecule has 0 aromatic heterocycles. The molecular formula is C14H30. The molecule has 0 saturated carbocycles. The molecule has 0 aromatic carbocycles. The summed E-state index contributed by atoms with van der Waals surface area (Å²) in [7, 11) is 0. The van der Waals surface area contributed by atoms with E-state index in [0.717, 1.165) is 11.8 Å². The molecule has 0 aromatic rings. The van der Waals surface area contributed by atoms with Gasteiger partial charge in [0.25, 0.3) is 0 Å². The largest absolute Gasteiger partial charge is 0.0654 e. The summed E-state index contributed by atoms with van der Waals surface area (Å²) >= 11 is 0. The van der Waals surface area contributed by atoms with Crippen molar-refractivity contribution in [2.75, 3.05) is 0 Å². The van der Waals surface area contributed by atoms with Crippen molar-refractivity contribution in [1.82, 2.24) is 0 Å². The zero-order valence-corrected chi connectivity index (χ0v) is 10.8. The molecule has 0 bridgehead atoms. The average molecular weight is 198 g/mol. The van der Waals surface area contributed by atoms with Gasteiger partial charge >= 0.3 is 0 Å². The fraction of sp³-hybridized carbons (Fsp3) is 1.00. The molecule has 0 amide bonds. The van der Waals surface area contributed by atoms with Crippen molar-refractivity contribution >= 4 is 0 Å². The zero-order chi connectivity index (χ0) is 10.8. The third-order valence-corrected chi connectivity index (χ3v) is 3.55. The van der Waals surface area contributed by atoms with Crippen molar-refractivity contribution < 1.29 is 0 Å². The Morgan fingerprint density at radius 2 is 1.43 bits per heavy atom. The summed E-state index contributed by atoms with van der Waals surface area (Å²) < 4.78 is 0. The Labute approximate surface area is 91.5 Å². The van der Waals surface area contributed by atoms with E-state index in [1.165, 1.54) is 51.4 Å². The molecule has 0 spiro atoms. The normalized spacial score (nSPS) is 15.4. The first kappa shape index (κ1) is 14.0. The van der Waals surface area contributed by atoms with Crippen molar-refractivity contribution in [3.63, 3.8) is 0 Å². The first-order valence-electron chi connectivity index (χ1n) is 6.74. The molecule has 0 N–H and O–H groups in total.